The van der Waals surface area contributed by atoms with Crippen LogP contribution >= 0.6 is 0 Å². The predicted molar refractivity (Wildman–Crippen MR) is 91.5 cm³/mol. The summed E-state index contributed by atoms with van der Waals surface area (Å²) in [7, 11) is 1.76. The number of Topliss-reactive ketones (excluding diaryl/α,β-unsaturated/α-hetero) is 1. The van der Waals surface area contributed by atoms with E-state index in [9.17, 15) is 4.79 Å². The van der Waals surface area contributed by atoms with Crippen LogP contribution in [0.2, 0.25) is 0 Å². The summed E-state index contributed by atoms with van der Waals surface area (Å²) in [6.45, 7) is 1.94. The zero-order valence-corrected chi connectivity index (χ0v) is 13.5. The molecule has 1 aromatic rings. The van der Waals surface area contributed by atoms with E-state index in [2.05, 4.69) is 34.4 Å². The van der Waals surface area contributed by atoms with Gasteiger partial charge in [-0.3, -0.25) is 9.79 Å². The summed E-state index contributed by atoms with van der Waals surface area (Å²) in [5, 5.41) is 3.90. The molecule has 1 aliphatic carbocycles. The van der Waals surface area contributed by atoms with Gasteiger partial charge in [-0.1, -0.05) is 30.3 Å². The van der Waals surface area contributed by atoms with Crippen molar-refractivity contribution in [1.29, 1.82) is 0 Å². The van der Waals surface area contributed by atoms with Crippen LogP contribution in [0.5, 0.6) is 0 Å². The van der Waals surface area contributed by atoms with Gasteiger partial charge in [0.1, 0.15) is 5.78 Å². The fourth-order valence-corrected chi connectivity index (χ4v) is 3.31. The van der Waals surface area contributed by atoms with E-state index in [1.165, 1.54) is 5.56 Å². The third-order valence-electron chi connectivity index (χ3n) is 4.90. The van der Waals surface area contributed by atoms with Gasteiger partial charge in [0.25, 0.3) is 0 Å². The molecule has 0 atom stereocenters. The van der Waals surface area contributed by atoms with Crippen LogP contribution < -0.4 is 5.84 Å². The summed E-state index contributed by atoms with van der Waals surface area (Å²) < 4.78 is 0. The first-order valence-corrected chi connectivity index (χ1v) is 7.89. The average molecular weight is 299 g/mol. The van der Waals surface area contributed by atoms with Crippen molar-refractivity contribution in [2.75, 3.05) is 7.05 Å². The third-order valence-corrected chi connectivity index (χ3v) is 4.90. The van der Waals surface area contributed by atoms with Gasteiger partial charge in [-0.2, -0.15) is 5.10 Å². The average Bonchev–Trinajstić information content (AvgIpc) is 2.57. The van der Waals surface area contributed by atoms with Crippen molar-refractivity contribution < 1.29 is 4.79 Å². The molecule has 118 valence electrons. The van der Waals surface area contributed by atoms with Crippen LogP contribution in [0.1, 0.15) is 51.0 Å². The fraction of sp³-hybridized carbons (Fsp3) is 0.500. The molecule has 0 spiro atoms. The first kappa shape index (κ1) is 16.4. The van der Waals surface area contributed by atoms with E-state index in [0.29, 0.717) is 18.6 Å². The number of nitrogens with two attached hydrogens (primary N) is 1. The van der Waals surface area contributed by atoms with E-state index in [1.807, 2.05) is 13.0 Å². The lowest BCUT2D eigenvalue weighted by Crippen LogP contribution is -2.33. The van der Waals surface area contributed by atoms with Gasteiger partial charge in [0.15, 0.2) is 0 Å². The van der Waals surface area contributed by atoms with Crippen molar-refractivity contribution in [3.8, 4) is 0 Å². The van der Waals surface area contributed by atoms with Gasteiger partial charge in [0.2, 0.25) is 0 Å². The van der Waals surface area contributed by atoms with Crippen LogP contribution in [-0.2, 0) is 10.2 Å². The normalized spacial score (nSPS) is 19.3. The molecule has 4 heteroatoms. The summed E-state index contributed by atoms with van der Waals surface area (Å²) in [6.07, 6.45) is 4.91. The monoisotopic (exact) mass is 299 g/mol. The third kappa shape index (κ3) is 3.62. The van der Waals surface area contributed by atoms with Crippen molar-refractivity contribution in [2.45, 2.75) is 50.9 Å². The van der Waals surface area contributed by atoms with E-state index in [-0.39, 0.29) is 5.41 Å². The number of hydrogen-bond acceptors (Lipinski definition) is 4. The van der Waals surface area contributed by atoms with E-state index in [1.54, 1.807) is 7.05 Å². The highest BCUT2D eigenvalue weighted by molar-refractivity contribution is 6.41. The predicted octanol–water partition coefficient (Wildman–Crippen LogP) is 3.25. The number of hydrogen-bond donors (Lipinski definition) is 1. The largest absolute Gasteiger partial charge is 0.323 e. The molecule has 1 saturated carbocycles. The minimum absolute atomic E-state index is 0.0547. The molecule has 4 nitrogen and oxygen atoms in total. The second-order valence-corrected chi connectivity index (χ2v) is 6.07. The number of nitrogens with zero attached hydrogens (tertiary/aromatic N) is 2. The van der Waals surface area contributed by atoms with E-state index in [0.717, 1.165) is 37.1 Å². The molecule has 0 unspecified atom stereocenters. The van der Waals surface area contributed by atoms with E-state index >= 15 is 0 Å². The van der Waals surface area contributed by atoms with Crippen LogP contribution in [0, 0.1) is 0 Å². The topological polar surface area (TPSA) is 67.8 Å². The minimum atomic E-state index is 0.0547. The fourth-order valence-electron chi connectivity index (χ4n) is 3.31. The molecule has 1 aromatic carbocycles. The molecule has 1 aliphatic rings. The van der Waals surface area contributed by atoms with Crippen LogP contribution in [0.15, 0.2) is 40.4 Å². The Labute approximate surface area is 132 Å². The van der Waals surface area contributed by atoms with Crippen molar-refractivity contribution in [2.24, 2.45) is 15.9 Å². The summed E-state index contributed by atoms with van der Waals surface area (Å²) in [5.74, 6) is 5.90. The maximum absolute atomic E-state index is 11.7. The van der Waals surface area contributed by atoms with Crippen molar-refractivity contribution in [3.05, 3.63) is 35.9 Å². The Morgan fingerprint density at radius 2 is 1.86 bits per heavy atom. The Kier molecular flexibility index (Phi) is 5.47. The van der Waals surface area contributed by atoms with Crippen LogP contribution in [-0.4, -0.2) is 24.3 Å². The minimum Gasteiger partial charge on any atom is -0.323 e. The Bertz CT molecular complexity index is 565. The summed E-state index contributed by atoms with van der Waals surface area (Å²) in [4.78, 5) is 15.9. The SMILES string of the molecule is CN=C(C)/C(CCC1(c2ccccc2)CCC(=O)CC1)=N\N. The number of ketones is 1. The van der Waals surface area contributed by atoms with Crippen molar-refractivity contribution in [1.82, 2.24) is 0 Å². The second kappa shape index (κ2) is 7.34. The first-order chi connectivity index (χ1) is 10.6. The van der Waals surface area contributed by atoms with Gasteiger partial charge in [-0.25, -0.2) is 0 Å². The standard InChI is InChI=1S/C18H25N3O/c1-14(20-2)17(21-19)10-13-18(11-8-16(22)9-12-18)15-6-4-3-5-7-15/h3-7H,8-13,19H2,1-2H3/b20-14?,21-17-. The summed E-state index contributed by atoms with van der Waals surface area (Å²) in [6, 6.07) is 10.5. The van der Waals surface area contributed by atoms with Crippen LogP contribution in [0.3, 0.4) is 0 Å². The van der Waals surface area contributed by atoms with Gasteiger partial charge < -0.3 is 5.84 Å². The van der Waals surface area contributed by atoms with Gasteiger partial charge in [-0.15, -0.1) is 0 Å². The molecule has 0 aliphatic heterocycles. The zero-order chi connectivity index (χ0) is 16.0. The Morgan fingerprint density at radius 3 is 2.41 bits per heavy atom. The highest BCUT2D eigenvalue weighted by Gasteiger charge is 2.36. The van der Waals surface area contributed by atoms with Gasteiger partial charge >= 0.3 is 0 Å². The number of aliphatic imine (C=N–C) groups is 1. The molecule has 0 saturated heterocycles. The maximum Gasteiger partial charge on any atom is 0.132 e. The Morgan fingerprint density at radius 1 is 1.23 bits per heavy atom. The van der Waals surface area contributed by atoms with Crippen LogP contribution in [0.25, 0.3) is 0 Å². The van der Waals surface area contributed by atoms with Gasteiger partial charge in [0.05, 0.1) is 11.4 Å². The molecular formula is C18H25N3O. The lowest BCUT2D eigenvalue weighted by atomic mass is 9.66. The van der Waals surface area contributed by atoms with Crippen LogP contribution in [0.4, 0.5) is 0 Å². The first-order valence-electron chi connectivity index (χ1n) is 7.89. The van der Waals surface area contributed by atoms with Crippen molar-refractivity contribution in [3.63, 3.8) is 0 Å². The summed E-state index contributed by atoms with van der Waals surface area (Å²) in [5.41, 5.74) is 3.12. The molecule has 0 radical (unpaired) electrons. The molecular weight excluding hydrogens is 274 g/mol. The molecule has 0 heterocycles. The Hall–Kier alpha value is -1.97. The smallest absolute Gasteiger partial charge is 0.132 e. The second-order valence-electron chi connectivity index (χ2n) is 6.07. The van der Waals surface area contributed by atoms with E-state index in [4.69, 9.17) is 5.84 Å². The van der Waals surface area contributed by atoms with Gasteiger partial charge in [-0.05, 0) is 43.6 Å². The maximum atomic E-state index is 11.7. The Balaban J connectivity index is 2.21. The lowest BCUT2D eigenvalue weighted by Gasteiger charge is -2.37. The van der Waals surface area contributed by atoms with Crippen molar-refractivity contribution >= 4 is 17.2 Å². The highest BCUT2D eigenvalue weighted by Crippen LogP contribution is 2.42. The zero-order valence-electron chi connectivity index (χ0n) is 13.5. The molecule has 1 fully saturated rings. The lowest BCUT2D eigenvalue weighted by molar-refractivity contribution is -0.121. The highest BCUT2D eigenvalue weighted by atomic mass is 16.1. The van der Waals surface area contributed by atoms with Gasteiger partial charge in [0, 0.05) is 19.9 Å². The number of rotatable bonds is 5. The number of hydrazone groups is 1. The quantitative estimate of drug-likeness (QED) is 0.515. The van der Waals surface area contributed by atoms with E-state index < -0.39 is 0 Å². The molecule has 0 amide bonds. The molecule has 2 rings (SSSR count). The number of benzene rings is 1. The number of carbonyl (C=O) groups excluding carboxylic acids is 1. The molecule has 0 bridgehead atoms. The number of carbonyl (C=O) groups is 1. The summed E-state index contributed by atoms with van der Waals surface area (Å²) >= 11 is 0. The molecule has 22 heavy (non-hydrogen) atoms. The molecule has 2 N–H and O–H groups in total. The molecule has 0 aromatic heterocycles.